The molecular weight excluding hydrogens is 725 g/mol. The van der Waals surface area contributed by atoms with Gasteiger partial charge in [-0.15, -0.1) is 0 Å². The van der Waals surface area contributed by atoms with Crippen molar-refractivity contribution in [2.24, 2.45) is 0 Å². The largest absolute Gasteiger partial charge is 0.371 e. The van der Waals surface area contributed by atoms with Crippen molar-refractivity contribution in [1.82, 2.24) is 19.6 Å². The van der Waals surface area contributed by atoms with Crippen molar-refractivity contribution >= 4 is 78.1 Å². The zero-order valence-corrected chi connectivity index (χ0v) is 33.8. The lowest BCUT2D eigenvalue weighted by Gasteiger charge is -2.37. The van der Waals surface area contributed by atoms with Gasteiger partial charge in [0.15, 0.2) is 0 Å². The van der Waals surface area contributed by atoms with Crippen LogP contribution in [0.4, 0.5) is 11.4 Å². The highest BCUT2D eigenvalue weighted by Gasteiger charge is 2.40. The highest BCUT2D eigenvalue weighted by atomic mass is 16.2. The minimum absolute atomic E-state index is 0.201. The number of hydrogen-bond acceptors (Lipinski definition) is 8. The van der Waals surface area contributed by atoms with Crippen molar-refractivity contribution in [2.45, 2.75) is 77.0 Å². The molecule has 0 aromatic heterocycles. The van der Waals surface area contributed by atoms with Crippen molar-refractivity contribution < 1.29 is 19.2 Å². The summed E-state index contributed by atoms with van der Waals surface area (Å²) in [5.41, 5.74) is 4.43. The molecule has 6 aliphatic heterocycles. The molecule has 0 unspecified atom stereocenters. The third-order valence-electron chi connectivity index (χ3n) is 14.5. The molecule has 10 nitrogen and oxygen atoms in total. The summed E-state index contributed by atoms with van der Waals surface area (Å²) in [5.74, 6) is -0.842. The molecular formula is C48H54N6O4. The van der Waals surface area contributed by atoms with Crippen LogP contribution >= 0.6 is 0 Å². The lowest BCUT2D eigenvalue weighted by atomic mass is 9.80. The number of carbonyl (C=O) groups is 4. The number of benzene rings is 5. The third kappa shape index (κ3) is 5.64. The van der Waals surface area contributed by atoms with E-state index in [1.165, 1.54) is 35.5 Å². The van der Waals surface area contributed by atoms with Crippen LogP contribution in [0.15, 0.2) is 36.4 Å². The number of carbonyl (C=O) groups excluding carboxylic acids is 4. The Labute approximate surface area is 340 Å². The number of amides is 4. The minimum Gasteiger partial charge on any atom is -0.371 e. The standard InChI is InChI=1S/C48H54N6O4/c55-45-33-15-13-31-39-32(14-16-34(40(33)39)46(56)53(45)27-25-49-17-5-1-6-18-49)43-38(52-23-11-4-12-24-52)30-36-41-35(29-37(42(31)44(41)43)51-21-9-3-10-22-51)47(57)54(48(36)58)28-26-50-19-7-2-8-20-50/h13-16,29-30H,1-12,17-28H2. The molecule has 10 heteroatoms. The van der Waals surface area contributed by atoms with E-state index < -0.39 is 0 Å². The molecule has 4 amide bonds. The smallest absolute Gasteiger partial charge is 0.261 e. The van der Waals surface area contributed by atoms with Gasteiger partial charge in [0.05, 0.1) is 11.1 Å². The average Bonchev–Trinajstić information content (AvgIpc) is 3.27. The third-order valence-corrected chi connectivity index (χ3v) is 14.5. The van der Waals surface area contributed by atoms with Crippen LogP contribution in [0.3, 0.4) is 0 Å². The second kappa shape index (κ2) is 14.5. The van der Waals surface area contributed by atoms with Crippen molar-refractivity contribution in [2.75, 3.05) is 88.3 Å². The van der Waals surface area contributed by atoms with Crippen molar-refractivity contribution in [3.8, 4) is 0 Å². The molecule has 0 bridgehead atoms. The first-order valence-electron chi connectivity index (χ1n) is 22.4. The predicted molar refractivity (Wildman–Crippen MR) is 231 cm³/mol. The van der Waals surface area contributed by atoms with Crippen LogP contribution in [0.2, 0.25) is 0 Å². The van der Waals surface area contributed by atoms with E-state index in [1.807, 2.05) is 12.1 Å². The number of likely N-dealkylation sites (tertiary alicyclic amines) is 2. The van der Waals surface area contributed by atoms with Crippen LogP contribution in [0.25, 0.3) is 43.1 Å². The maximum atomic E-state index is 14.8. The highest BCUT2D eigenvalue weighted by Crippen LogP contribution is 2.52. The van der Waals surface area contributed by atoms with Gasteiger partial charge in [-0.3, -0.25) is 29.0 Å². The number of fused-ring (bicyclic) bond motifs is 2. The van der Waals surface area contributed by atoms with E-state index in [1.54, 1.807) is 0 Å². The van der Waals surface area contributed by atoms with Gasteiger partial charge in [-0.2, -0.15) is 0 Å². The maximum Gasteiger partial charge on any atom is 0.261 e. The second-order valence-corrected chi connectivity index (χ2v) is 17.9. The van der Waals surface area contributed by atoms with Gasteiger partial charge in [0.25, 0.3) is 23.6 Å². The molecule has 5 aromatic carbocycles. The molecule has 0 N–H and O–H groups in total. The molecule has 5 aromatic rings. The summed E-state index contributed by atoms with van der Waals surface area (Å²) in [6, 6.07) is 12.3. The van der Waals surface area contributed by atoms with Crippen LogP contribution in [0.5, 0.6) is 0 Å². The van der Waals surface area contributed by atoms with Gasteiger partial charge >= 0.3 is 0 Å². The average molecular weight is 779 g/mol. The van der Waals surface area contributed by atoms with Gasteiger partial charge in [0.2, 0.25) is 0 Å². The van der Waals surface area contributed by atoms with Crippen molar-refractivity contribution in [1.29, 1.82) is 0 Å². The first-order valence-corrected chi connectivity index (χ1v) is 22.4. The Hall–Kier alpha value is -4.80. The Bertz CT molecular complexity index is 2360. The van der Waals surface area contributed by atoms with E-state index in [4.69, 9.17) is 0 Å². The summed E-state index contributed by atoms with van der Waals surface area (Å²) in [4.78, 5) is 71.3. The fourth-order valence-electron chi connectivity index (χ4n) is 11.5. The Balaban J connectivity index is 1.15. The molecule has 4 fully saturated rings. The molecule has 6 aliphatic rings. The van der Waals surface area contributed by atoms with E-state index in [0.29, 0.717) is 48.4 Å². The van der Waals surface area contributed by atoms with Crippen LogP contribution in [0.1, 0.15) is 118 Å². The predicted octanol–water partition coefficient (Wildman–Crippen LogP) is 7.88. The number of anilines is 2. The van der Waals surface area contributed by atoms with Crippen LogP contribution in [0, 0.1) is 0 Å². The molecule has 0 saturated carbocycles. The fraction of sp³-hybridized carbons (Fsp3) is 0.500. The molecule has 6 heterocycles. The minimum atomic E-state index is -0.220. The number of nitrogens with zero attached hydrogens (tertiary/aromatic N) is 6. The zero-order valence-electron chi connectivity index (χ0n) is 33.8. The molecule has 0 spiro atoms. The summed E-state index contributed by atoms with van der Waals surface area (Å²) in [6.45, 7) is 9.72. The molecule has 300 valence electrons. The van der Waals surface area contributed by atoms with Gasteiger partial charge in [0.1, 0.15) is 0 Å². The summed E-state index contributed by atoms with van der Waals surface area (Å²) >= 11 is 0. The molecule has 58 heavy (non-hydrogen) atoms. The Kier molecular flexibility index (Phi) is 9.06. The maximum absolute atomic E-state index is 14.8. The summed E-state index contributed by atoms with van der Waals surface area (Å²) in [5, 5.41) is 7.42. The molecule has 0 atom stereocenters. The lowest BCUT2D eigenvalue weighted by Crippen LogP contribution is -2.45. The molecule has 0 aliphatic carbocycles. The van der Waals surface area contributed by atoms with Crippen LogP contribution in [-0.2, 0) is 0 Å². The van der Waals surface area contributed by atoms with E-state index >= 15 is 0 Å². The Morgan fingerprint density at radius 2 is 0.707 bits per heavy atom. The first kappa shape index (κ1) is 36.3. The number of piperidine rings is 4. The molecule has 4 saturated heterocycles. The van der Waals surface area contributed by atoms with Gasteiger partial charge in [0, 0.05) is 102 Å². The zero-order chi connectivity index (χ0) is 39.1. The molecule has 0 radical (unpaired) electrons. The van der Waals surface area contributed by atoms with Gasteiger partial charge in [-0.05, 0) is 131 Å². The summed E-state index contributed by atoms with van der Waals surface area (Å²) < 4.78 is 0. The monoisotopic (exact) mass is 778 g/mol. The summed E-state index contributed by atoms with van der Waals surface area (Å²) in [6.07, 6.45) is 13.7. The number of imide groups is 2. The number of hydrogen-bond donors (Lipinski definition) is 0. The quantitative estimate of drug-likeness (QED) is 0.0894. The molecule has 11 rings (SSSR count). The fourth-order valence-corrected chi connectivity index (χ4v) is 11.5. The van der Waals surface area contributed by atoms with Gasteiger partial charge < -0.3 is 19.6 Å². The van der Waals surface area contributed by atoms with Crippen molar-refractivity contribution in [3.05, 3.63) is 58.7 Å². The SMILES string of the molecule is O=C1c2ccc3c4c(N5CCCCC5)cc5c6c(cc(N7CCCCC7)c(c7ccc(c2c37)C(=O)N1CCN1CCCCC1)c64)C(=O)N(CCN1CCCCC1)C5=O. The van der Waals surface area contributed by atoms with E-state index in [0.717, 1.165) is 158 Å². The Morgan fingerprint density at radius 1 is 0.345 bits per heavy atom. The lowest BCUT2D eigenvalue weighted by molar-refractivity contribution is 0.0573. The van der Waals surface area contributed by atoms with E-state index in [9.17, 15) is 19.2 Å². The first-order chi connectivity index (χ1) is 28.5. The van der Waals surface area contributed by atoms with E-state index in [-0.39, 0.29) is 23.6 Å². The highest BCUT2D eigenvalue weighted by molar-refractivity contribution is 6.44. The topological polar surface area (TPSA) is 87.7 Å². The van der Waals surface area contributed by atoms with Crippen molar-refractivity contribution in [3.63, 3.8) is 0 Å². The Morgan fingerprint density at radius 3 is 1.12 bits per heavy atom. The number of rotatable bonds is 8. The van der Waals surface area contributed by atoms with Gasteiger partial charge in [-0.1, -0.05) is 25.0 Å². The van der Waals surface area contributed by atoms with Gasteiger partial charge in [-0.25, -0.2) is 0 Å². The second-order valence-electron chi connectivity index (χ2n) is 17.9. The van der Waals surface area contributed by atoms with Crippen LogP contribution < -0.4 is 9.80 Å². The van der Waals surface area contributed by atoms with Crippen LogP contribution in [-0.4, -0.2) is 122 Å². The summed E-state index contributed by atoms with van der Waals surface area (Å²) in [7, 11) is 0. The van der Waals surface area contributed by atoms with E-state index in [2.05, 4.69) is 43.9 Å². The normalized spacial score (nSPS) is 21.2.